The van der Waals surface area contributed by atoms with Gasteiger partial charge in [-0.2, -0.15) is 0 Å². The smallest absolute Gasteiger partial charge is 0.247 e. The highest BCUT2D eigenvalue weighted by Gasteiger charge is 2.43. The Labute approximate surface area is 137 Å². The summed E-state index contributed by atoms with van der Waals surface area (Å²) in [7, 11) is 0. The van der Waals surface area contributed by atoms with Crippen LogP contribution < -0.4 is 0 Å². The zero-order chi connectivity index (χ0) is 16.4. The lowest BCUT2D eigenvalue weighted by Crippen LogP contribution is -2.52. The summed E-state index contributed by atoms with van der Waals surface area (Å²) in [4.78, 5) is 30.6. The van der Waals surface area contributed by atoms with Crippen molar-refractivity contribution in [3.8, 4) is 0 Å². The van der Waals surface area contributed by atoms with E-state index in [0.717, 1.165) is 32.7 Å². The third kappa shape index (κ3) is 3.46. The second-order valence-electron chi connectivity index (χ2n) is 6.71. The molecular formula is C18H25N3O2. The molecule has 1 aromatic rings. The molecule has 0 bridgehead atoms. The average Bonchev–Trinajstić information content (AvgIpc) is 2.84. The molecule has 2 aliphatic heterocycles. The number of likely N-dealkylation sites (tertiary alicyclic amines) is 1. The van der Waals surface area contributed by atoms with Crippen molar-refractivity contribution in [3.05, 3.63) is 35.9 Å². The van der Waals surface area contributed by atoms with Crippen molar-refractivity contribution in [2.75, 3.05) is 26.2 Å². The van der Waals surface area contributed by atoms with Gasteiger partial charge in [-0.3, -0.25) is 24.3 Å². The third-order valence-corrected chi connectivity index (χ3v) is 4.77. The molecule has 1 atom stereocenters. The monoisotopic (exact) mass is 315 g/mol. The highest BCUT2D eigenvalue weighted by atomic mass is 16.2. The van der Waals surface area contributed by atoms with Gasteiger partial charge >= 0.3 is 0 Å². The minimum Gasteiger partial charge on any atom is -0.297 e. The summed E-state index contributed by atoms with van der Waals surface area (Å²) in [5.41, 5.74) is 1.32. The molecule has 1 aromatic carbocycles. The van der Waals surface area contributed by atoms with Crippen molar-refractivity contribution in [3.63, 3.8) is 0 Å². The minimum absolute atomic E-state index is 0.0125. The van der Waals surface area contributed by atoms with Crippen LogP contribution in [0.5, 0.6) is 0 Å². The molecular weight excluding hydrogens is 290 g/mol. The van der Waals surface area contributed by atoms with Gasteiger partial charge in [0.15, 0.2) is 0 Å². The van der Waals surface area contributed by atoms with E-state index in [1.54, 1.807) is 0 Å². The standard InChI is InChI=1S/C18H25N3O2/c1-14(2)21-17(22)12-16(18(21)23)20-10-8-19(9-11-20)13-15-6-4-3-5-7-15/h3-7,14,16H,8-13H2,1-2H3. The first-order valence-electron chi connectivity index (χ1n) is 8.42. The van der Waals surface area contributed by atoms with Crippen molar-refractivity contribution in [1.29, 1.82) is 0 Å². The van der Waals surface area contributed by atoms with Crippen molar-refractivity contribution in [2.45, 2.75) is 38.9 Å². The zero-order valence-electron chi connectivity index (χ0n) is 13.9. The Hall–Kier alpha value is -1.72. The summed E-state index contributed by atoms with van der Waals surface area (Å²) in [6.45, 7) is 8.32. The van der Waals surface area contributed by atoms with Crippen molar-refractivity contribution >= 4 is 11.8 Å². The van der Waals surface area contributed by atoms with Crippen LogP contribution in [0.25, 0.3) is 0 Å². The van der Waals surface area contributed by atoms with E-state index in [4.69, 9.17) is 0 Å². The summed E-state index contributed by atoms with van der Waals surface area (Å²) in [5.74, 6) is -0.0387. The van der Waals surface area contributed by atoms with Gasteiger partial charge in [0, 0.05) is 38.8 Å². The van der Waals surface area contributed by atoms with Crippen LogP contribution in [0.4, 0.5) is 0 Å². The number of rotatable bonds is 4. The van der Waals surface area contributed by atoms with Crippen LogP contribution in [0.3, 0.4) is 0 Å². The van der Waals surface area contributed by atoms with E-state index in [0.29, 0.717) is 6.42 Å². The molecule has 2 heterocycles. The summed E-state index contributed by atoms with van der Waals surface area (Å²) >= 11 is 0. The van der Waals surface area contributed by atoms with Crippen molar-refractivity contribution in [1.82, 2.24) is 14.7 Å². The van der Waals surface area contributed by atoms with Gasteiger partial charge < -0.3 is 0 Å². The van der Waals surface area contributed by atoms with Gasteiger partial charge in [-0.15, -0.1) is 0 Å². The maximum Gasteiger partial charge on any atom is 0.247 e. The van der Waals surface area contributed by atoms with Crippen LogP contribution in [-0.4, -0.2) is 64.8 Å². The molecule has 2 fully saturated rings. The summed E-state index contributed by atoms with van der Waals surface area (Å²) in [6, 6.07) is 10.2. The van der Waals surface area contributed by atoms with Gasteiger partial charge in [0.2, 0.25) is 11.8 Å². The molecule has 2 aliphatic rings. The molecule has 5 heteroatoms. The van der Waals surface area contributed by atoms with Crippen LogP contribution >= 0.6 is 0 Å². The van der Waals surface area contributed by atoms with Gasteiger partial charge in [-0.1, -0.05) is 30.3 Å². The second-order valence-corrected chi connectivity index (χ2v) is 6.71. The van der Waals surface area contributed by atoms with E-state index < -0.39 is 0 Å². The van der Waals surface area contributed by atoms with Crippen LogP contribution in [-0.2, 0) is 16.1 Å². The van der Waals surface area contributed by atoms with Gasteiger partial charge in [0.05, 0.1) is 12.5 Å². The van der Waals surface area contributed by atoms with E-state index in [-0.39, 0.29) is 23.9 Å². The fraction of sp³-hybridized carbons (Fsp3) is 0.556. The fourth-order valence-corrected chi connectivity index (χ4v) is 3.54. The van der Waals surface area contributed by atoms with Gasteiger partial charge in [0.1, 0.15) is 0 Å². The predicted octanol–water partition coefficient (Wildman–Crippen LogP) is 1.34. The first-order valence-corrected chi connectivity index (χ1v) is 8.42. The van der Waals surface area contributed by atoms with E-state index in [9.17, 15) is 9.59 Å². The number of carbonyl (C=O) groups is 2. The Morgan fingerprint density at radius 2 is 1.70 bits per heavy atom. The van der Waals surface area contributed by atoms with Crippen molar-refractivity contribution < 1.29 is 9.59 Å². The van der Waals surface area contributed by atoms with Gasteiger partial charge in [0.25, 0.3) is 0 Å². The van der Waals surface area contributed by atoms with Crippen molar-refractivity contribution in [2.24, 2.45) is 0 Å². The normalized spacial score (nSPS) is 24.0. The molecule has 0 saturated carbocycles. The number of imide groups is 1. The molecule has 0 radical (unpaired) electrons. The maximum absolute atomic E-state index is 12.5. The molecule has 0 N–H and O–H groups in total. The van der Waals surface area contributed by atoms with Gasteiger partial charge in [-0.25, -0.2) is 0 Å². The fourth-order valence-electron chi connectivity index (χ4n) is 3.54. The lowest BCUT2D eigenvalue weighted by molar-refractivity contribution is -0.141. The van der Waals surface area contributed by atoms with Crippen LogP contribution in [0, 0.1) is 0 Å². The third-order valence-electron chi connectivity index (χ3n) is 4.77. The quantitative estimate of drug-likeness (QED) is 0.787. The number of hydrogen-bond acceptors (Lipinski definition) is 4. The van der Waals surface area contributed by atoms with E-state index in [2.05, 4.69) is 34.1 Å². The number of nitrogens with zero attached hydrogens (tertiary/aromatic N) is 3. The van der Waals surface area contributed by atoms with E-state index >= 15 is 0 Å². The van der Waals surface area contributed by atoms with Crippen LogP contribution in [0.2, 0.25) is 0 Å². The Morgan fingerprint density at radius 1 is 1.04 bits per heavy atom. The topological polar surface area (TPSA) is 43.9 Å². The second kappa shape index (κ2) is 6.81. The lowest BCUT2D eigenvalue weighted by atomic mass is 10.1. The molecule has 0 aromatic heterocycles. The molecule has 2 saturated heterocycles. The lowest BCUT2D eigenvalue weighted by Gasteiger charge is -2.37. The number of hydrogen-bond donors (Lipinski definition) is 0. The van der Waals surface area contributed by atoms with Gasteiger partial charge in [-0.05, 0) is 19.4 Å². The Morgan fingerprint density at radius 3 is 2.26 bits per heavy atom. The number of benzene rings is 1. The Balaban J connectivity index is 1.55. The molecule has 3 rings (SSSR count). The largest absolute Gasteiger partial charge is 0.297 e. The molecule has 2 amide bonds. The first-order chi connectivity index (χ1) is 11.1. The molecule has 1 unspecified atom stereocenters. The number of amides is 2. The summed E-state index contributed by atoms with van der Waals surface area (Å²) in [5, 5.41) is 0. The minimum atomic E-state index is -0.247. The van der Waals surface area contributed by atoms with Crippen LogP contribution in [0.1, 0.15) is 25.8 Å². The number of carbonyl (C=O) groups excluding carboxylic acids is 2. The first kappa shape index (κ1) is 16.1. The number of piperazine rings is 1. The Bertz CT molecular complexity index is 565. The summed E-state index contributed by atoms with van der Waals surface area (Å²) in [6.07, 6.45) is 0.343. The predicted molar refractivity (Wildman–Crippen MR) is 88.7 cm³/mol. The Kier molecular flexibility index (Phi) is 4.78. The SMILES string of the molecule is CC(C)N1C(=O)CC(N2CCN(Cc3ccccc3)CC2)C1=O. The van der Waals surface area contributed by atoms with E-state index in [1.165, 1.54) is 10.5 Å². The maximum atomic E-state index is 12.5. The molecule has 5 nitrogen and oxygen atoms in total. The molecule has 124 valence electrons. The highest BCUT2D eigenvalue weighted by molar-refractivity contribution is 6.05. The average molecular weight is 315 g/mol. The molecule has 0 aliphatic carbocycles. The van der Waals surface area contributed by atoms with Crippen LogP contribution in [0.15, 0.2) is 30.3 Å². The highest BCUT2D eigenvalue weighted by Crippen LogP contribution is 2.22. The van der Waals surface area contributed by atoms with E-state index in [1.807, 2.05) is 19.9 Å². The molecule has 23 heavy (non-hydrogen) atoms. The summed E-state index contributed by atoms with van der Waals surface area (Å²) < 4.78 is 0. The molecule has 0 spiro atoms. The zero-order valence-corrected chi connectivity index (χ0v) is 13.9.